The lowest BCUT2D eigenvalue weighted by Gasteiger charge is -2.00. The average Bonchev–Trinajstić information content (AvgIpc) is 2.31. The van der Waals surface area contributed by atoms with Crippen molar-refractivity contribution in [3.05, 3.63) is 40.6 Å². The van der Waals surface area contributed by atoms with Crippen molar-refractivity contribution < 1.29 is 9.55 Å². The molecule has 2 rings (SSSR count). The number of hydrogen-bond acceptors (Lipinski definition) is 2. The quantitative estimate of drug-likeness (QED) is 0.477. The minimum absolute atomic E-state index is 0.0305. The fraction of sp³-hybridized carbons (Fsp3) is 0.125. The highest BCUT2D eigenvalue weighted by molar-refractivity contribution is 6.02. The van der Waals surface area contributed by atoms with Crippen LogP contribution in [0.2, 0.25) is 0 Å². The van der Waals surface area contributed by atoms with Crippen molar-refractivity contribution in [1.82, 2.24) is 0 Å². The Morgan fingerprint density at radius 3 is 3.09 bits per heavy atom. The van der Waals surface area contributed by atoms with Gasteiger partial charge >= 0.3 is 6.20 Å². The molecule has 1 radical (unpaired) electrons. The predicted molar refractivity (Wildman–Crippen MR) is 37.2 cm³/mol. The number of ketones is 1. The molecule has 53 valence electrons. The summed E-state index contributed by atoms with van der Waals surface area (Å²) in [5, 5.41) is 0. The van der Waals surface area contributed by atoms with E-state index in [1.807, 2.05) is 0 Å². The van der Waals surface area contributed by atoms with Gasteiger partial charge in [0.2, 0.25) is 6.20 Å². The van der Waals surface area contributed by atoms with Crippen LogP contribution in [0.1, 0.15) is 6.42 Å². The van der Waals surface area contributed by atoms with Gasteiger partial charge in [-0.15, -0.1) is 0 Å². The van der Waals surface area contributed by atoms with E-state index in [0.717, 1.165) is 0 Å². The van der Waals surface area contributed by atoms with Gasteiger partial charge < -0.3 is 0 Å². The lowest BCUT2D eigenvalue weighted by atomic mass is 9.97. The molecule has 2 aliphatic rings. The zero-order valence-corrected chi connectivity index (χ0v) is 5.70. The molecule has 0 aromatic heterocycles. The van der Waals surface area contributed by atoms with Crippen LogP contribution in [0.3, 0.4) is 0 Å². The molecule has 0 saturated heterocycles. The van der Waals surface area contributed by atoms with E-state index < -0.39 is 0 Å². The van der Waals surface area contributed by atoms with E-state index in [1.54, 1.807) is 12.2 Å². The van der Waals surface area contributed by atoms with Crippen molar-refractivity contribution >= 4 is 5.78 Å². The van der Waals surface area contributed by atoms with Crippen molar-refractivity contribution in [2.45, 2.75) is 6.42 Å². The molecule has 1 aliphatic heterocycles. The minimum Gasteiger partial charge on any atom is -0.294 e. The number of hydrogen-bond donors (Lipinski definition) is 0. The fourth-order valence-electron chi connectivity index (χ4n) is 1.14. The van der Waals surface area contributed by atoms with Gasteiger partial charge in [-0.3, -0.25) is 4.79 Å². The van der Waals surface area contributed by atoms with Crippen molar-refractivity contribution in [3.8, 4) is 0 Å². The summed E-state index contributed by atoms with van der Waals surface area (Å²) in [6, 6.07) is 0. The minimum atomic E-state index is -0.0305. The fourth-order valence-corrected chi connectivity index (χ4v) is 1.14. The molecular weight excluding hydrogens is 142 g/mol. The van der Waals surface area contributed by atoms with Gasteiger partial charge in [-0.05, 0) is 0 Å². The number of carbonyl (C=O) groups excluding carboxylic acids is 1. The van der Waals surface area contributed by atoms with E-state index in [4.69, 9.17) is 0 Å². The molecular formula is C8H5NO2+. The molecule has 0 atom stereocenters. The van der Waals surface area contributed by atoms with Crippen molar-refractivity contribution in [2.24, 2.45) is 0 Å². The zero-order chi connectivity index (χ0) is 7.84. The molecule has 0 aromatic rings. The van der Waals surface area contributed by atoms with Gasteiger partial charge in [0, 0.05) is 11.3 Å². The van der Waals surface area contributed by atoms with Crippen molar-refractivity contribution in [2.75, 3.05) is 0 Å². The molecule has 0 aromatic carbocycles. The topological polar surface area (TPSA) is 37.1 Å². The molecule has 0 unspecified atom stereocenters. The van der Waals surface area contributed by atoms with Gasteiger partial charge in [0.25, 0.3) is 0 Å². The Hall–Kier alpha value is -1.51. The Balaban J connectivity index is 2.55. The monoisotopic (exact) mass is 147 g/mol. The second-order valence-corrected chi connectivity index (χ2v) is 2.43. The third-order valence-electron chi connectivity index (χ3n) is 1.65. The molecule has 1 aliphatic carbocycles. The van der Waals surface area contributed by atoms with E-state index in [0.29, 0.717) is 22.3 Å². The van der Waals surface area contributed by atoms with Crippen LogP contribution in [0.4, 0.5) is 0 Å². The molecule has 0 amide bonds. The van der Waals surface area contributed by atoms with Crippen molar-refractivity contribution in [3.63, 3.8) is 0 Å². The normalized spacial score (nSPS) is 21.5. The Morgan fingerprint density at radius 2 is 2.36 bits per heavy atom. The van der Waals surface area contributed by atoms with Gasteiger partial charge in [0.1, 0.15) is 5.57 Å². The van der Waals surface area contributed by atoms with Gasteiger partial charge in [0.05, 0.1) is 10.3 Å². The lowest BCUT2D eigenvalue weighted by Crippen LogP contribution is -2.04. The summed E-state index contributed by atoms with van der Waals surface area (Å²) in [6.07, 6.45) is 7.65. The zero-order valence-electron chi connectivity index (χ0n) is 5.70. The molecule has 0 bridgehead atoms. The first-order valence-electron chi connectivity index (χ1n) is 3.29. The summed E-state index contributed by atoms with van der Waals surface area (Å²) in [6.45, 7) is 0. The van der Waals surface area contributed by atoms with E-state index in [1.165, 1.54) is 6.20 Å². The molecule has 11 heavy (non-hydrogen) atoms. The Labute approximate surface area is 63.3 Å². The van der Waals surface area contributed by atoms with Crippen LogP contribution in [-0.2, 0) is 4.79 Å². The number of nitrogens with zero attached hydrogens (tertiary/aromatic N) is 1. The number of allylic oxidation sites excluding steroid dienone is 4. The lowest BCUT2D eigenvalue weighted by molar-refractivity contribution is -0.415. The molecule has 0 spiro atoms. The maximum Gasteiger partial charge on any atom is 0.350 e. The van der Waals surface area contributed by atoms with Crippen LogP contribution in [0.15, 0.2) is 29.5 Å². The summed E-state index contributed by atoms with van der Waals surface area (Å²) >= 11 is 0. The first-order chi connectivity index (χ1) is 5.27. The molecule has 3 nitrogen and oxygen atoms in total. The number of nitroso groups, excluding NO2 is 1. The molecule has 0 saturated carbocycles. The molecule has 1 heterocycles. The highest BCUT2D eigenvalue weighted by Gasteiger charge is 2.29. The first kappa shape index (κ1) is 6.22. The van der Waals surface area contributed by atoms with E-state index in [9.17, 15) is 9.70 Å². The van der Waals surface area contributed by atoms with Crippen molar-refractivity contribution in [1.29, 1.82) is 0 Å². The van der Waals surface area contributed by atoms with Gasteiger partial charge in [0.15, 0.2) is 5.78 Å². The Morgan fingerprint density at radius 1 is 1.55 bits per heavy atom. The van der Waals surface area contributed by atoms with Crippen LogP contribution in [0, 0.1) is 11.1 Å². The highest BCUT2D eigenvalue weighted by atomic mass is 16.3. The second-order valence-electron chi connectivity index (χ2n) is 2.43. The molecule has 0 N–H and O–H groups in total. The number of rotatable bonds is 0. The van der Waals surface area contributed by atoms with Crippen LogP contribution in [0.5, 0.6) is 0 Å². The first-order valence-corrected chi connectivity index (χ1v) is 3.29. The summed E-state index contributed by atoms with van der Waals surface area (Å²) in [5.74, 6) is -0.0305. The van der Waals surface area contributed by atoms with Gasteiger partial charge in [-0.2, -0.15) is 0 Å². The molecule has 0 fully saturated rings. The molecule has 3 heteroatoms. The van der Waals surface area contributed by atoms with Crippen LogP contribution >= 0.6 is 0 Å². The second kappa shape index (κ2) is 1.99. The Bertz CT molecular complexity index is 334. The van der Waals surface area contributed by atoms with Gasteiger partial charge in [-0.1, -0.05) is 12.2 Å². The third-order valence-corrected chi connectivity index (χ3v) is 1.65. The van der Waals surface area contributed by atoms with Crippen LogP contribution in [0.25, 0.3) is 0 Å². The summed E-state index contributed by atoms with van der Waals surface area (Å²) in [5.41, 5.74) is 1.10. The standard InChI is InChI=1S/C8H5NO2/c10-8-3-1-2-6-4-9(11)5-7(6)8/h1-2,4H,3H2/q+1. The maximum atomic E-state index is 11.1. The predicted octanol–water partition coefficient (Wildman–Crippen LogP) is 0.879. The number of Topliss-reactive ketones (excluding diaryl/α,β-unsaturated/α-hetero) is 1. The average molecular weight is 147 g/mol. The number of carbonyl (C=O) groups is 1. The summed E-state index contributed by atoms with van der Waals surface area (Å²) < 4.78 is 0.540. The van der Waals surface area contributed by atoms with E-state index >= 15 is 0 Å². The smallest absolute Gasteiger partial charge is 0.294 e. The summed E-state index contributed by atoms with van der Waals surface area (Å²) in [4.78, 5) is 21.7. The van der Waals surface area contributed by atoms with E-state index in [2.05, 4.69) is 6.20 Å². The SMILES string of the molecule is O=C1CC=CC2=C[N+](=O)[C]=C12. The highest BCUT2D eigenvalue weighted by Crippen LogP contribution is 2.23. The van der Waals surface area contributed by atoms with Gasteiger partial charge in [-0.25, -0.2) is 0 Å². The van der Waals surface area contributed by atoms with E-state index in [-0.39, 0.29) is 5.78 Å². The van der Waals surface area contributed by atoms with Crippen LogP contribution in [-0.4, -0.2) is 10.5 Å². The number of fused-ring (bicyclic) bond motifs is 1. The third kappa shape index (κ3) is 0.852. The maximum absolute atomic E-state index is 11.1. The summed E-state index contributed by atoms with van der Waals surface area (Å²) in [7, 11) is 0. The largest absolute Gasteiger partial charge is 0.350 e. The Kier molecular flexibility index (Phi) is 1.12. The van der Waals surface area contributed by atoms with Crippen LogP contribution < -0.4 is 0 Å².